The maximum absolute atomic E-state index is 14.8. The number of carbonyl (C=O) groups is 2. The Kier molecular flexibility index (Phi) is 5.58. The zero-order valence-corrected chi connectivity index (χ0v) is 17.6. The molecular weight excluding hydrogens is 441 g/mol. The quantitative estimate of drug-likeness (QED) is 0.612. The van der Waals surface area contributed by atoms with Crippen molar-refractivity contribution in [2.75, 3.05) is 13.2 Å². The molecule has 0 saturated heterocycles. The molecule has 1 aliphatic heterocycles. The first-order chi connectivity index (χ1) is 13.9. The second-order valence-electron chi connectivity index (χ2n) is 7.43. The smallest absolute Gasteiger partial charge is 0.302 e. The van der Waals surface area contributed by atoms with Crippen LogP contribution in [-0.2, 0) is 22.7 Å². The SMILES string of the molecule is CC(=O)OCc1cc(CN2CCOc3cc(C4CC4)cc(F)c3C2=O)ccc1Br. The van der Waals surface area contributed by atoms with Gasteiger partial charge in [-0.05, 0) is 54.2 Å². The Morgan fingerprint density at radius 1 is 1.31 bits per heavy atom. The van der Waals surface area contributed by atoms with Crippen LogP contribution in [0, 0.1) is 5.82 Å². The summed E-state index contributed by atoms with van der Waals surface area (Å²) < 4.78 is 26.4. The predicted molar refractivity (Wildman–Crippen MR) is 108 cm³/mol. The largest absolute Gasteiger partial charge is 0.491 e. The lowest BCUT2D eigenvalue weighted by Crippen LogP contribution is -2.32. The van der Waals surface area contributed by atoms with Crippen LogP contribution in [0.4, 0.5) is 4.39 Å². The number of hydrogen-bond donors (Lipinski definition) is 0. The number of fused-ring (bicyclic) bond motifs is 1. The third-order valence-corrected chi connectivity index (χ3v) is 5.93. The van der Waals surface area contributed by atoms with Gasteiger partial charge in [0.2, 0.25) is 0 Å². The van der Waals surface area contributed by atoms with Gasteiger partial charge in [0.15, 0.2) is 0 Å². The monoisotopic (exact) mass is 461 g/mol. The number of nitrogens with zero attached hydrogens (tertiary/aromatic N) is 1. The highest BCUT2D eigenvalue weighted by molar-refractivity contribution is 9.10. The molecule has 5 nitrogen and oxygen atoms in total. The number of amides is 1. The number of benzene rings is 2. The zero-order valence-electron chi connectivity index (χ0n) is 16.0. The second kappa shape index (κ2) is 8.14. The number of rotatable bonds is 5. The van der Waals surface area contributed by atoms with Crippen molar-refractivity contribution in [2.24, 2.45) is 0 Å². The summed E-state index contributed by atoms with van der Waals surface area (Å²) in [6, 6.07) is 8.89. The average molecular weight is 462 g/mol. The van der Waals surface area contributed by atoms with Gasteiger partial charge in [-0.2, -0.15) is 0 Å². The van der Waals surface area contributed by atoms with Gasteiger partial charge < -0.3 is 14.4 Å². The maximum atomic E-state index is 14.8. The molecule has 0 aromatic heterocycles. The number of hydrogen-bond acceptors (Lipinski definition) is 4. The van der Waals surface area contributed by atoms with Crippen molar-refractivity contribution in [1.82, 2.24) is 4.90 Å². The lowest BCUT2D eigenvalue weighted by Gasteiger charge is -2.21. The van der Waals surface area contributed by atoms with Crippen molar-refractivity contribution >= 4 is 27.8 Å². The minimum atomic E-state index is -0.521. The molecule has 0 atom stereocenters. The van der Waals surface area contributed by atoms with E-state index in [4.69, 9.17) is 9.47 Å². The Balaban J connectivity index is 1.56. The van der Waals surface area contributed by atoms with E-state index in [1.165, 1.54) is 13.0 Å². The van der Waals surface area contributed by atoms with Gasteiger partial charge in [-0.25, -0.2) is 4.39 Å². The van der Waals surface area contributed by atoms with Crippen LogP contribution in [0.2, 0.25) is 0 Å². The first-order valence-corrected chi connectivity index (χ1v) is 10.4. The van der Waals surface area contributed by atoms with Gasteiger partial charge in [-0.3, -0.25) is 9.59 Å². The molecule has 2 aromatic rings. The zero-order chi connectivity index (χ0) is 20.5. The van der Waals surface area contributed by atoms with E-state index in [1.807, 2.05) is 24.3 Å². The topological polar surface area (TPSA) is 55.8 Å². The van der Waals surface area contributed by atoms with E-state index in [9.17, 15) is 14.0 Å². The van der Waals surface area contributed by atoms with Crippen LogP contribution in [-0.4, -0.2) is 29.9 Å². The lowest BCUT2D eigenvalue weighted by atomic mass is 10.0. The second-order valence-corrected chi connectivity index (χ2v) is 8.29. The van der Waals surface area contributed by atoms with Gasteiger partial charge in [-0.1, -0.05) is 22.0 Å². The molecule has 2 aliphatic rings. The molecule has 152 valence electrons. The Labute approximate surface area is 176 Å². The van der Waals surface area contributed by atoms with E-state index in [0.717, 1.165) is 34.0 Å². The molecular formula is C22H21BrFNO4. The van der Waals surface area contributed by atoms with Gasteiger partial charge in [0.1, 0.15) is 30.3 Å². The summed E-state index contributed by atoms with van der Waals surface area (Å²) in [6.07, 6.45) is 2.11. The molecule has 0 N–H and O–H groups in total. The first-order valence-electron chi connectivity index (χ1n) is 9.58. The molecule has 7 heteroatoms. The molecule has 29 heavy (non-hydrogen) atoms. The molecule has 0 radical (unpaired) electrons. The van der Waals surface area contributed by atoms with Crippen molar-refractivity contribution < 1.29 is 23.5 Å². The predicted octanol–water partition coefficient (Wildman–Crippen LogP) is 4.56. The van der Waals surface area contributed by atoms with E-state index in [1.54, 1.807) is 4.90 Å². The minimum Gasteiger partial charge on any atom is -0.491 e. The van der Waals surface area contributed by atoms with Crippen LogP contribution < -0.4 is 4.74 Å². The normalized spacial score (nSPS) is 16.1. The highest BCUT2D eigenvalue weighted by atomic mass is 79.9. The molecule has 1 amide bonds. The molecule has 0 spiro atoms. The summed E-state index contributed by atoms with van der Waals surface area (Å²) >= 11 is 3.44. The standard InChI is InChI=1S/C22H21BrFNO4/c1-13(26)29-12-17-8-14(2-5-18(17)23)11-25-6-7-28-20-10-16(15-3-4-15)9-19(24)21(20)22(25)27/h2,5,8-10,15H,3-4,6-7,11-12H2,1H3. The van der Waals surface area contributed by atoms with Gasteiger partial charge in [0, 0.05) is 23.5 Å². The fraction of sp³-hybridized carbons (Fsp3) is 0.364. The summed E-state index contributed by atoms with van der Waals surface area (Å²) in [4.78, 5) is 25.7. The Hall–Kier alpha value is -2.41. The average Bonchev–Trinajstić information content (AvgIpc) is 3.52. The molecule has 2 aromatic carbocycles. The summed E-state index contributed by atoms with van der Waals surface area (Å²) in [6.45, 7) is 2.48. The molecule has 1 fully saturated rings. The summed E-state index contributed by atoms with van der Waals surface area (Å²) in [5.41, 5.74) is 2.58. The van der Waals surface area contributed by atoms with Gasteiger partial charge in [0.25, 0.3) is 5.91 Å². The molecule has 1 heterocycles. The molecule has 1 saturated carbocycles. The van der Waals surface area contributed by atoms with Gasteiger partial charge >= 0.3 is 5.97 Å². The minimum absolute atomic E-state index is 0.00384. The van der Waals surface area contributed by atoms with Crippen LogP contribution in [0.25, 0.3) is 0 Å². The Morgan fingerprint density at radius 3 is 2.83 bits per heavy atom. The third kappa shape index (κ3) is 4.45. The fourth-order valence-corrected chi connectivity index (χ4v) is 3.85. The molecule has 0 unspecified atom stereocenters. The van der Waals surface area contributed by atoms with Crippen LogP contribution >= 0.6 is 15.9 Å². The number of halogens is 2. The molecule has 1 aliphatic carbocycles. The van der Waals surface area contributed by atoms with E-state index in [2.05, 4.69) is 15.9 Å². The Morgan fingerprint density at radius 2 is 2.10 bits per heavy atom. The highest BCUT2D eigenvalue weighted by Gasteiger charge is 2.31. The molecule has 4 rings (SSSR count). The molecule has 0 bridgehead atoms. The van der Waals surface area contributed by atoms with E-state index >= 15 is 0 Å². The summed E-state index contributed by atoms with van der Waals surface area (Å²) in [5, 5.41) is 0. The van der Waals surface area contributed by atoms with Crippen molar-refractivity contribution in [1.29, 1.82) is 0 Å². The van der Waals surface area contributed by atoms with E-state index in [-0.39, 0.29) is 24.0 Å². The lowest BCUT2D eigenvalue weighted by molar-refractivity contribution is -0.142. The van der Waals surface area contributed by atoms with Crippen molar-refractivity contribution in [3.05, 3.63) is 62.9 Å². The maximum Gasteiger partial charge on any atom is 0.302 e. The summed E-state index contributed by atoms with van der Waals surface area (Å²) in [5.74, 6) is -0.536. The third-order valence-electron chi connectivity index (χ3n) is 5.16. The highest BCUT2D eigenvalue weighted by Crippen LogP contribution is 2.42. The Bertz CT molecular complexity index is 974. The van der Waals surface area contributed by atoms with Crippen molar-refractivity contribution in [3.63, 3.8) is 0 Å². The number of carbonyl (C=O) groups excluding carboxylic acids is 2. The number of esters is 1. The van der Waals surface area contributed by atoms with E-state index < -0.39 is 5.82 Å². The summed E-state index contributed by atoms with van der Waals surface area (Å²) in [7, 11) is 0. The van der Waals surface area contributed by atoms with Crippen LogP contribution in [0.15, 0.2) is 34.8 Å². The fourth-order valence-electron chi connectivity index (χ4n) is 3.49. The van der Waals surface area contributed by atoms with Crippen molar-refractivity contribution in [3.8, 4) is 5.75 Å². The van der Waals surface area contributed by atoms with Crippen LogP contribution in [0.5, 0.6) is 5.75 Å². The van der Waals surface area contributed by atoms with Crippen LogP contribution in [0.3, 0.4) is 0 Å². The first kappa shape index (κ1) is 19.9. The van der Waals surface area contributed by atoms with Gasteiger partial charge in [-0.15, -0.1) is 0 Å². The van der Waals surface area contributed by atoms with Gasteiger partial charge in [0.05, 0.1) is 6.54 Å². The van der Waals surface area contributed by atoms with Crippen LogP contribution in [0.1, 0.15) is 52.7 Å². The number of ether oxygens (including phenoxy) is 2. The van der Waals surface area contributed by atoms with E-state index in [0.29, 0.717) is 31.4 Å². The van der Waals surface area contributed by atoms with Crippen molar-refractivity contribution in [2.45, 2.75) is 38.8 Å².